The third kappa shape index (κ3) is 2.55. The summed E-state index contributed by atoms with van der Waals surface area (Å²) in [7, 11) is 3.78. The SMILES string of the molecule is COC1CC(CN)(N(C)Cc2cccc(F)c2)C1. The molecule has 0 amide bonds. The summed E-state index contributed by atoms with van der Waals surface area (Å²) in [5.74, 6) is -0.189. The Morgan fingerprint density at radius 2 is 2.22 bits per heavy atom. The van der Waals surface area contributed by atoms with Crippen molar-refractivity contribution >= 4 is 0 Å². The van der Waals surface area contributed by atoms with Crippen LogP contribution in [-0.2, 0) is 11.3 Å². The molecule has 0 heterocycles. The molecule has 0 bridgehead atoms. The smallest absolute Gasteiger partial charge is 0.123 e. The molecule has 1 fully saturated rings. The molecule has 1 aliphatic carbocycles. The highest BCUT2D eigenvalue weighted by atomic mass is 19.1. The minimum atomic E-state index is -0.189. The molecule has 100 valence electrons. The molecule has 0 aromatic heterocycles. The van der Waals surface area contributed by atoms with Crippen molar-refractivity contribution in [1.29, 1.82) is 0 Å². The molecule has 0 atom stereocenters. The van der Waals surface area contributed by atoms with E-state index in [2.05, 4.69) is 4.90 Å². The summed E-state index contributed by atoms with van der Waals surface area (Å²) < 4.78 is 18.5. The first-order chi connectivity index (χ1) is 8.59. The van der Waals surface area contributed by atoms with Gasteiger partial charge >= 0.3 is 0 Å². The van der Waals surface area contributed by atoms with Gasteiger partial charge in [0.2, 0.25) is 0 Å². The van der Waals surface area contributed by atoms with Crippen LogP contribution in [0.25, 0.3) is 0 Å². The number of nitrogens with two attached hydrogens (primary N) is 1. The largest absolute Gasteiger partial charge is 0.381 e. The lowest BCUT2D eigenvalue weighted by Crippen LogP contribution is -2.62. The Balaban J connectivity index is 2.01. The third-order valence-electron chi connectivity index (χ3n) is 4.05. The zero-order chi connectivity index (χ0) is 13.2. The van der Waals surface area contributed by atoms with Crippen LogP contribution < -0.4 is 5.73 Å². The lowest BCUT2D eigenvalue weighted by atomic mass is 9.73. The van der Waals surface area contributed by atoms with Crippen molar-refractivity contribution < 1.29 is 9.13 Å². The number of ether oxygens (including phenoxy) is 1. The standard InChI is InChI=1S/C14H21FN2O/c1-17(9-11-4-3-5-12(15)6-11)14(10-16)7-13(8-14)18-2/h3-6,13H,7-10,16H2,1-2H3. The molecule has 0 aliphatic heterocycles. The van der Waals surface area contributed by atoms with E-state index in [0.717, 1.165) is 18.4 Å². The maximum absolute atomic E-state index is 13.1. The van der Waals surface area contributed by atoms with Crippen LogP contribution in [0.15, 0.2) is 24.3 Å². The van der Waals surface area contributed by atoms with Crippen molar-refractivity contribution in [2.75, 3.05) is 20.7 Å². The number of hydrogen-bond donors (Lipinski definition) is 1. The fourth-order valence-corrected chi connectivity index (χ4v) is 2.67. The number of rotatable bonds is 5. The summed E-state index contributed by atoms with van der Waals surface area (Å²) in [6.45, 7) is 1.32. The fraction of sp³-hybridized carbons (Fsp3) is 0.571. The maximum Gasteiger partial charge on any atom is 0.123 e. The molecule has 0 unspecified atom stereocenters. The number of benzene rings is 1. The number of hydrogen-bond acceptors (Lipinski definition) is 3. The number of nitrogens with zero attached hydrogens (tertiary/aromatic N) is 1. The lowest BCUT2D eigenvalue weighted by Gasteiger charge is -2.52. The first-order valence-electron chi connectivity index (χ1n) is 6.28. The van der Waals surface area contributed by atoms with Crippen LogP contribution in [0.3, 0.4) is 0 Å². The second-order valence-electron chi connectivity index (χ2n) is 5.18. The van der Waals surface area contributed by atoms with Crippen LogP contribution in [0.1, 0.15) is 18.4 Å². The van der Waals surface area contributed by atoms with Crippen molar-refractivity contribution in [1.82, 2.24) is 4.90 Å². The summed E-state index contributed by atoms with van der Waals surface area (Å²) in [5.41, 5.74) is 6.88. The molecule has 0 spiro atoms. The monoisotopic (exact) mass is 252 g/mol. The Hall–Kier alpha value is -0.970. The zero-order valence-electron chi connectivity index (χ0n) is 11.0. The van der Waals surface area contributed by atoms with E-state index in [1.165, 1.54) is 6.07 Å². The van der Waals surface area contributed by atoms with E-state index in [1.54, 1.807) is 19.2 Å². The van der Waals surface area contributed by atoms with Gasteiger partial charge in [0.05, 0.1) is 6.10 Å². The van der Waals surface area contributed by atoms with Crippen LogP contribution in [0.2, 0.25) is 0 Å². The van der Waals surface area contributed by atoms with E-state index in [4.69, 9.17) is 10.5 Å². The van der Waals surface area contributed by atoms with E-state index in [9.17, 15) is 4.39 Å². The number of halogens is 1. The summed E-state index contributed by atoms with van der Waals surface area (Å²) in [6, 6.07) is 6.72. The van der Waals surface area contributed by atoms with Crippen molar-refractivity contribution in [3.63, 3.8) is 0 Å². The first kappa shape index (κ1) is 13.5. The van der Waals surface area contributed by atoms with Gasteiger partial charge in [-0.1, -0.05) is 12.1 Å². The van der Waals surface area contributed by atoms with E-state index in [0.29, 0.717) is 19.2 Å². The molecule has 1 aliphatic rings. The van der Waals surface area contributed by atoms with Crippen LogP contribution >= 0.6 is 0 Å². The molecule has 2 N–H and O–H groups in total. The van der Waals surface area contributed by atoms with E-state index in [1.807, 2.05) is 13.1 Å². The minimum Gasteiger partial charge on any atom is -0.381 e. The maximum atomic E-state index is 13.1. The van der Waals surface area contributed by atoms with Gasteiger partial charge in [0, 0.05) is 25.7 Å². The predicted molar refractivity (Wildman–Crippen MR) is 69.7 cm³/mol. The summed E-state index contributed by atoms with van der Waals surface area (Å²) in [5, 5.41) is 0. The molecule has 1 saturated carbocycles. The highest BCUT2D eigenvalue weighted by molar-refractivity contribution is 5.17. The minimum absolute atomic E-state index is 0.00694. The molecular formula is C14H21FN2O. The Labute approximate surface area is 108 Å². The molecule has 2 rings (SSSR count). The molecule has 4 heteroatoms. The van der Waals surface area contributed by atoms with Gasteiger partial charge in [-0.25, -0.2) is 4.39 Å². The van der Waals surface area contributed by atoms with Crippen molar-refractivity contribution in [3.8, 4) is 0 Å². The second-order valence-corrected chi connectivity index (χ2v) is 5.18. The third-order valence-corrected chi connectivity index (χ3v) is 4.05. The van der Waals surface area contributed by atoms with Crippen LogP contribution in [-0.4, -0.2) is 37.2 Å². The van der Waals surface area contributed by atoms with E-state index < -0.39 is 0 Å². The quantitative estimate of drug-likeness (QED) is 0.868. The van der Waals surface area contributed by atoms with Gasteiger partial charge in [0.1, 0.15) is 5.82 Å². The molecule has 1 aromatic rings. The van der Waals surface area contributed by atoms with Gasteiger partial charge < -0.3 is 10.5 Å². The highest BCUT2D eigenvalue weighted by Crippen LogP contribution is 2.38. The molecule has 1 aromatic carbocycles. The first-order valence-corrected chi connectivity index (χ1v) is 6.28. The van der Waals surface area contributed by atoms with Gasteiger partial charge in [-0.15, -0.1) is 0 Å². The Morgan fingerprint density at radius 1 is 1.50 bits per heavy atom. The van der Waals surface area contributed by atoms with Crippen LogP contribution in [0, 0.1) is 5.82 Å². The number of methoxy groups -OCH3 is 1. The van der Waals surface area contributed by atoms with Crippen LogP contribution in [0.4, 0.5) is 4.39 Å². The normalized spacial score (nSPS) is 27.3. The summed E-state index contributed by atoms with van der Waals surface area (Å²) >= 11 is 0. The topological polar surface area (TPSA) is 38.5 Å². The Kier molecular flexibility index (Phi) is 4.00. The van der Waals surface area contributed by atoms with Crippen molar-refractivity contribution in [2.45, 2.75) is 31.0 Å². The van der Waals surface area contributed by atoms with E-state index in [-0.39, 0.29) is 11.4 Å². The van der Waals surface area contributed by atoms with Gasteiger partial charge in [0.25, 0.3) is 0 Å². The van der Waals surface area contributed by atoms with Gasteiger partial charge in [0.15, 0.2) is 0 Å². The Morgan fingerprint density at radius 3 is 2.78 bits per heavy atom. The predicted octanol–water partition coefficient (Wildman–Crippen LogP) is 1.76. The average Bonchev–Trinajstić information content (AvgIpc) is 2.28. The molecule has 0 saturated heterocycles. The van der Waals surface area contributed by atoms with Crippen molar-refractivity contribution in [2.24, 2.45) is 5.73 Å². The second kappa shape index (κ2) is 5.34. The molecule has 0 radical (unpaired) electrons. The van der Waals surface area contributed by atoms with Crippen molar-refractivity contribution in [3.05, 3.63) is 35.6 Å². The fourth-order valence-electron chi connectivity index (χ4n) is 2.67. The average molecular weight is 252 g/mol. The summed E-state index contributed by atoms with van der Waals surface area (Å²) in [4.78, 5) is 2.22. The van der Waals surface area contributed by atoms with Gasteiger partial charge in [-0.05, 0) is 37.6 Å². The molecular weight excluding hydrogens is 231 g/mol. The van der Waals surface area contributed by atoms with Gasteiger partial charge in [-0.3, -0.25) is 4.90 Å². The van der Waals surface area contributed by atoms with Gasteiger partial charge in [-0.2, -0.15) is 0 Å². The lowest BCUT2D eigenvalue weighted by molar-refractivity contribution is -0.0811. The van der Waals surface area contributed by atoms with Crippen LogP contribution in [0.5, 0.6) is 0 Å². The number of likely N-dealkylation sites (N-methyl/N-ethyl adjacent to an activating group) is 1. The molecule has 3 nitrogen and oxygen atoms in total. The zero-order valence-corrected chi connectivity index (χ0v) is 11.0. The highest BCUT2D eigenvalue weighted by Gasteiger charge is 2.46. The Bertz CT molecular complexity index is 405. The van der Waals surface area contributed by atoms with E-state index >= 15 is 0 Å². The molecule has 18 heavy (non-hydrogen) atoms. The summed E-state index contributed by atoms with van der Waals surface area (Å²) in [6.07, 6.45) is 2.21.